The Hall–Kier alpha value is -2.58. The number of nitrogens with one attached hydrogen (secondary N) is 3. The molecule has 0 aliphatic carbocycles. The van der Waals surface area contributed by atoms with E-state index in [1.54, 1.807) is 0 Å². The molecule has 1 aromatic heterocycles. The molecule has 19 heavy (non-hydrogen) atoms. The molecule has 0 saturated carbocycles. The van der Waals surface area contributed by atoms with Crippen molar-refractivity contribution in [3.8, 4) is 0 Å². The van der Waals surface area contributed by atoms with Crippen molar-refractivity contribution in [2.75, 3.05) is 0 Å². The number of aliphatic carboxylic acids is 2. The largest absolute Gasteiger partial charge is 0.481 e. The molecular weight excluding hydrogens is 256 g/mol. The lowest BCUT2D eigenvalue weighted by molar-refractivity contribution is -0.140. The van der Waals surface area contributed by atoms with Gasteiger partial charge in [0.1, 0.15) is 6.04 Å². The van der Waals surface area contributed by atoms with Crippen molar-refractivity contribution in [1.29, 1.82) is 0 Å². The van der Waals surface area contributed by atoms with Crippen LogP contribution in [0.3, 0.4) is 0 Å². The van der Waals surface area contributed by atoms with E-state index in [0.717, 1.165) is 0 Å². The van der Waals surface area contributed by atoms with E-state index in [1.807, 2.05) is 0 Å². The van der Waals surface area contributed by atoms with Gasteiger partial charge in [0, 0.05) is 12.6 Å². The zero-order chi connectivity index (χ0) is 14.3. The smallest absolute Gasteiger partial charge is 0.326 e. The lowest BCUT2D eigenvalue weighted by Crippen LogP contribution is -2.46. The Morgan fingerprint density at radius 2 is 2.11 bits per heavy atom. The van der Waals surface area contributed by atoms with Gasteiger partial charge in [0.2, 0.25) is 0 Å². The minimum atomic E-state index is -1.28. The van der Waals surface area contributed by atoms with E-state index < -0.39 is 24.0 Å². The molecule has 104 valence electrons. The minimum absolute atomic E-state index is 0.164. The molecule has 5 N–H and O–H groups in total. The molecule has 0 saturated heterocycles. The van der Waals surface area contributed by atoms with Gasteiger partial charge in [-0.3, -0.25) is 4.79 Å². The van der Waals surface area contributed by atoms with Gasteiger partial charge in [-0.2, -0.15) is 0 Å². The van der Waals surface area contributed by atoms with Crippen molar-refractivity contribution >= 4 is 18.0 Å². The molecule has 0 aliphatic heterocycles. The molecule has 1 atom stereocenters. The number of nitrogens with zero attached hydrogens (tertiary/aromatic N) is 1. The first-order valence-corrected chi connectivity index (χ1v) is 5.45. The second kappa shape index (κ2) is 6.99. The highest BCUT2D eigenvalue weighted by molar-refractivity contribution is 5.82. The van der Waals surface area contributed by atoms with Crippen molar-refractivity contribution in [2.45, 2.75) is 25.4 Å². The molecule has 9 heteroatoms. The van der Waals surface area contributed by atoms with E-state index in [0.29, 0.717) is 5.69 Å². The van der Waals surface area contributed by atoms with Gasteiger partial charge in [0.05, 0.1) is 18.6 Å². The van der Waals surface area contributed by atoms with Crippen molar-refractivity contribution in [3.05, 3.63) is 18.2 Å². The lowest BCUT2D eigenvalue weighted by Gasteiger charge is -2.13. The van der Waals surface area contributed by atoms with Crippen LogP contribution in [0.4, 0.5) is 4.79 Å². The summed E-state index contributed by atoms with van der Waals surface area (Å²) in [5.74, 6) is -2.40. The van der Waals surface area contributed by atoms with Crippen LogP contribution in [0.5, 0.6) is 0 Å². The third kappa shape index (κ3) is 5.52. The highest BCUT2D eigenvalue weighted by atomic mass is 16.4. The van der Waals surface area contributed by atoms with Crippen LogP contribution in [0.15, 0.2) is 12.5 Å². The maximum atomic E-state index is 11.4. The standard InChI is InChI=1S/C10H14N4O5/c15-8(16)2-1-7(9(17)18)14-10(19)12-4-6-3-11-5-13-6/h3,5,7H,1-2,4H2,(H,11,13)(H,15,16)(H,17,18)(H2,12,14,19). The maximum absolute atomic E-state index is 11.4. The fourth-order valence-electron chi connectivity index (χ4n) is 1.29. The monoisotopic (exact) mass is 270 g/mol. The number of carboxylic acids is 2. The van der Waals surface area contributed by atoms with E-state index in [9.17, 15) is 14.4 Å². The average molecular weight is 270 g/mol. The molecule has 0 radical (unpaired) electrons. The first kappa shape index (κ1) is 14.5. The average Bonchev–Trinajstić information content (AvgIpc) is 2.84. The number of carboxylic acid groups (broad SMARTS) is 2. The molecule has 0 bridgehead atoms. The quantitative estimate of drug-likeness (QED) is 0.453. The minimum Gasteiger partial charge on any atom is -0.481 e. The Morgan fingerprint density at radius 3 is 2.63 bits per heavy atom. The third-order valence-corrected chi connectivity index (χ3v) is 2.24. The van der Waals surface area contributed by atoms with Crippen LogP contribution in [-0.2, 0) is 16.1 Å². The zero-order valence-electron chi connectivity index (χ0n) is 9.92. The van der Waals surface area contributed by atoms with Crippen molar-refractivity contribution in [1.82, 2.24) is 20.6 Å². The van der Waals surface area contributed by atoms with Crippen LogP contribution in [0, 0.1) is 0 Å². The number of rotatable bonds is 7. The second-order valence-electron chi connectivity index (χ2n) is 3.73. The summed E-state index contributed by atoms with van der Waals surface area (Å²) in [6.07, 6.45) is 2.45. The molecule has 1 heterocycles. The predicted octanol–water partition coefficient (Wildman–Crippen LogP) is -0.473. The second-order valence-corrected chi connectivity index (χ2v) is 3.73. The summed E-state index contributed by atoms with van der Waals surface area (Å²) in [5, 5.41) is 21.9. The van der Waals surface area contributed by atoms with E-state index in [4.69, 9.17) is 10.2 Å². The summed E-state index contributed by atoms with van der Waals surface area (Å²) in [6, 6.07) is -1.93. The van der Waals surface area contributed by atoms with Crippen molar-refractivity contribution < 1.29 is 24.6 Å². The number of hydrogen-bond acceptors (Lipinski definition) is 4. The van der Waals surface area contributed by atoms with E-state index in [2.05, 4.69) is 20.6 Å². The highest BCUT2D eigenvalue weighted by Gasteiger charge is 2.20. The summed E-state index contributed by atoms with van der Waals surface area (Å²) in [7, 11) is 0. The Bertz CT molecular complexity index is 445. The Balaban J connectivity index is 2.38. The van der Waals surface area contributed by atoms with Crippen LogP contribution < -0.4 is 10.6 Å². The van der Waals surface area contributed by atoms with Gasteiger partial charge in [-0.15, -0.1) is 0 Å². The zero-order valence-corrected chi connectivity index (χ0v) is 9.92. The van der Waals surface area contributed by atoms with Gasteiger partial charge in [-0.1, -0.05) is 0 Å². The highest BCUT2D eigenvalue weighted by Crippen LogP contribution is 1.98. The van der Waals surface area contributed by atoms with Gasteiger partial charge >= 0.3 is 18.0 Å². The molecule has 0 aliphatic rings. The molecule has 0 fully saturated rings. The van der Waals surface area contributed by atoms with Gasteiger partial charge in [-0.25, -0.2) is 14.6 Å². The molecule has 9 nitrogen and oxygen atoms in total. The SMILES string of the molecule is O=C(O)CCC(NC(=O)NCc1cnc[nH]1)C(=O)O. The Kier molecular flexibility index (Phi) is 5.33. The summed E-state index contributed by atoms with van der Waals surface area (Å²) in [4.78, 5) is 39.1. The van der Waals surface area contributed by atoms with Crippen LogP contribution in [0.1, 0.15) is 18.5 Å². The maximum Gasteiger partial charge on any atom is 0.326 e. The normalized spacial score (nSPS) is 11.6. The number of imidazole rings is 1. The summed E-state index contributed by atoms with van der Waals surface area (Å²) in [6.45, 7) is 0.164. The fraction of sp³-hybridized carbons (Fsp3) is 0.400. The molecule has 1 unspecified atom stereocenters. The number of aromatic amines is 1. The summed E-state index contributed by atoms with van der Waals surface area (Å²) in [5.41, 5.74) is 0.660. The van der Waals surface area contributed by atoms with E-state index >= 15 is 0 Å². The molecule has 1 aromatic rings. The summed E-state index contributed by atoms with van der Waals surface area (Å²) < 4.78 is 0. The van der Waals surface area contributed by atoms with Crippen LogP contribution in [0.25, 0.3) is 0 Å². The molecule has 0 aromatic carbocycles. The van der Waals surface area contributed by atoms with Crippen LogP contribution >= 0.6 is 0 Å². The molecule has 1 rings (SSSR count). The number of aromatic nitrogens is 2. The number of amides is 2. The summed E-state index contributed by atoms with van der Waals surface area (Å²) >= 11 is 0. The van der Waals surface area contributed by atoms with Crippen molar-refractivity contribution in [3.63, 3.8) is 0 Å². The fourth-order valence-corrected chi connectivity index (χ4v) is 1.29. The van der Waals surface area contributed by atoms with Crippen LogP contribution in [-0.4, -0.2) is 44.2 Å². The van der Waals surface area contributed by atoms with Gasteiger partial charge in [0.25, 0.3) is 0 Å². The topological polar surface area (TPSA) is 144 Å². The first-order valence-electron chi connectivity index (χ1n) is 5.45. The molecular formula is C10H14N4O5. The number of carbonyl (C=O) groups excluding carboxylic acids is 1. The van der Waals surface area contributed by atoms with Crippen molar-refractivity contribution in [2.24, 2.45) is 0 Å². The number of H-pyrrole nitrogens is 1. The molecule has 0 spiro atoms. The van der Waals surface area contributed by atoms with Gasteiger partial charge in [0.15, 0.2) is 0 Å². The first-order chi connectivity index (χ1) is 8.99. The van der Waals surface area contributed by atoms with Crippen LogP contribution in [0.2, 0.25) is 0 Å². The number of carbonyl (C=O) groups is 3. The third-order valence-electron chi connectivity index (χ3n) is 2.24. The Morgan fingerprint density at radius 1 is 1.37 bits per heavy atom. The number of hydrogen-bond donors (Lipinski definition) is 5. The van der Waals surface area contributed by atoms with E-state index in [-0.39, 0.29) is 19.4 Å². The van der Waals surface area contributed by atoms with Gasteiger partial charge < -0.3 is 25.8 Å². The molecule has 2 amide bonds. The van der Waals surface area contributed by atoms with Gasteiger partial charge in [-0.05, 0) is 6.42 Å². The lowest BCUT2D eigenvalue weighted by atomic mass is 10.1. The Labute approximate surface area is 108 Å². The van der Waals surface area contributed by atoms with E-state index in [1.165, 1.54) is 12.5 Å². The number of urea groups is 1. The predicted molar refractivity (Wildman–Crippen MR) is 62.3 cm³/mol.